The first-order valence-electron chi connectivity index (χ1n) is 5.37. The van der Waals surface area contributed by atoms with Gasteiger partial charge in [0.05, 0.1) is 19.5 Å². The van der Waals surface area contributed by atoms with Crippen LogP contribution in [0.2, 0.25) is 5.15 Å². The van der Waals surface area contributed by atoms with Gasteiger partial charge in [0, 0.05) is 6.42 Å². The lowest BCUT2D eigenvalue weighted by Gasteiger charge is -2.14. The number of aliphatic hydroxyl groups is 1. The average molecular weight is 273 g/mol. The molecule has 0 saturated carbocycles. The molecule has 0 aromatic carbocycles. The number of halogens is 2. The van der Waals surface area contributed by atoms with Crippen molar-refractivity contribution in [1.82, 2.24) is 19.5 Å². The van der Waals surface area contributed by atoms with Gasteiger partial charge in [0.1, 0.15) is 18.1 Å². The molecular formula is C10H10ClFN4O2. The van der Waals surface area contributed by atoms with Crippen molar-refractivity contribution in [2.24, 2.45) is 0 Å². The molecule has 2 aromatic heterocycles. The normalized spacial score (nSPS) is 28.1. The van der Waals surface area contributed by atoms with Crippen molar-refractivity contribution in [2.75, 3.05) is 13.2 Å². The number of alkyl halides is 1. The molecule has 18 heavy (non-hydrogen) atoms. The van der Waals surface area contributed by atoms with Crippen LogP contribution in [0.5, 0.6) is 0 Å². The van der Waals surface area contributed by atoms with Gasteiger partial charge in [0.25, 0.3) is 0 Å². The van der Waals surface area contributed by atoms with Crippen molar-refractivity contribution in [3.63, 3.8) is 0 Å². The van der Waals surface area contributed by atoms with Gasteiger partial charge in [-0.25, -0.2) is 19.3 Å². The van der Waals surface area contributed by atoms with E-state index in [0.717, 1.165) is 0 Å². The summed E-state index contributed by atoms with van der Waals surface area (Å²) in [4.78, 5) is 12.0. The standard InChI is InChI=1S/C10H10ClFN4O2/c11-8-7-9(14-4-13-8)16(5-15-7)6-1-10(12,2-17)3-18-6/h4-6,17H,1-3H2/t6-,10+/m1/s1. The molecule has 2 atom stereocenters. The zero-order valence-electron chi connectivity index (χ0n) is 9.25. The second-order valence-electron chi connectivity index (χ2n) is 4.27. The Balaban J connectivity index is 1.99. The number of ether oxygens (including phenoxy) is 1. The minimum absolute atomic E-state index is 0.0522. The largest absolute Gasteiger partial charge is 0.393 e. The lowest BCUT2D eigenvalue weighted by atomic mass is 10.1. The first kappa shape index (κ1) is 11.8. The Labute approximate surface area is 106 Å². The molecule has 0 aliphatic carbocycles. The van der Waals surface area contributed by atoms with Crippen LogP contribution >= 0.6 is 11.6 Å². The van der Waals surface area contributed by atoms with Crippen LogP contribution in [0.15, 0.2) is 12.7 Å². The van der Waals surface area contributed by atoms with E-state index in [2.05, 4.69) is 15.0 Å². The Morgan fingerprint density at radius 2 is 2.39 bits per heavy atom. The van der Waals surface area contributed by atoms with Crippen molar-refractivity contribution in [3.05, 3.63) is 17.8 Å². The maximum absolute atomic E-state index is 13.9. The Bertz CT molecular complexity index is 592. The molecule has 1 N–H and O–H groups in total. The van der Waals surface area contributed by atoms with Crippen LogP contribution < -0.4 is 0 Å². The van der Waals surface area contributed by atoms with Gasteiger partial charge >= 0.3 is 0 Å². The molecule has 0 amide bonds. The van der Waals surface area contributed by atoms with Gasteiger partial charge in [-0.05, 0) is 0 Å². The van der Waals surface area contributed by atoms with Crippen molar-refractivity contribution in [1.29, 1.82) is 0 Å². The van der Waals surface area contributed by atoms with E-state index in [1.807, 2.05) is 0 Å². The Morgan fingerprint density at radius 1 is 1.56 bits per heavy atom. The number of fused-ring (bicyclic) bond motifs is 1. The minimum atomic E-state index is -1.71. The van der Waals surface area contributed by atoms with Crippen LogP contribution in [0.1, 0.15) is 12.6 Å². The Morgan fingerprint density at radius 3 is 3.11 bits per heavy atom. The molecule has 6 nitrogen and oxygen atoms in total. The molecule has 3 heterocycles. The van der Waals surface area contributed by atoms with Gasteiger partial charge in [-0.2, -0.15) is 0 Å². The molecule has 2 aromatic rings. The van der Waals surface area contributed by atoms with E-state index in [4.69, 9.17) is 21.4 Å². The number of hydrogen-bond acceptors (Lipinski definition) is 5. The van der Waals surface area contributed by atoms with Gasteiger partial charge < -0.3 is 9.84 Å². The van der Waals surface area contributed by atoms with Crippen LogP contribution in [0.3, 0.4) is 0 Å². The average Bonchev–Trinajstić information content (AvgIpc) is 2.94. The maximum atomic E-state index is 13.9. The Kier molecular flexibility index (Phi) is 2.69. The fraction of sp³-hybridized carbons (Fsp3) is 0.500. The van der Waals surface area contributed by atoms with Crippen molar-refractivity contribution in [3.8, 4) is 0 Å². The highest BCUT2D eigenvalue weighted by Crippen LogP contribution is 2.35. The molecule has 1 aliphatic heterocycles. The summed E-state index contributed by atoms with van der Waals surface area (Å²) in [6, 6.07) is 0. The summed E-state index contributed by atoms with van der Waals surface area (Å²) in [5.74, 6) is 0. The van der Waals surface area contributed by atoms with Crippen LogP contribution in [0.25, 0.3) is 11.2 Å². The highest BCUT2D eigenvalue weighted by Gasteiger charge is 2.41. The number of hydrogen-bond donors (Lipinski definition) is 1. The molecule has 3 rings (SSSR count). The van der Waals surface area contributed by atoms with E-state index in [-0.39, 0.29) is 18.2 Å². The highest BCUT2D eigenvalue weighted by atomic mass is 35.5. The predicted octanol–water partition coefficient (Wildman–Crippen LogP) is 1.10. The monoisotopic (exact) mass is 272 g/mol. The summed E-state index contributed by atoms with van der Waals surface area (Å²) < 4.78 is 20.8. The minimum Gasteiger partial charge on any atom is -0.393 e. The van der Waals surface area contributed by atoms with Crippen molar-refractivity contribution >= 4 is 22.8 Å². The van der Waals surface area contributed by atoms with E-state index >= 15 is 0 Å². The van der Waals surface area contributed by atoms with Gasteiger partial charge in [0.15, 0.2) is 16.5 Å². The summed E-state index contributed by atoms with van der Waals surface area (Å²) in [7, 11) is 0. The van der Waals surface area contributed by atoms with Crippen molar-refractivity contribution < 1.29 is 14.2 Å². The van der Waals surface area contributed by atoms with Crippen LogP contribution in [0.4, 0.5) is 4.39 Å². The van der Waals surface area contributed by atoms with Crippen molar-refractivity contribution in [2.45, 2.75) is 18.3 Å². The van der Waals surface area contributed by atoms with Crippen LogP contribution in [-0.2, 0) is 4.74 Å². The summed E-state index contributed by atoms with van der Waals surface area (Å²) in [5, 5.41) is 9.21. The zero-order chi connectivity index (χ0) is 12.8. The first-order chi connectivity index (χ1) is 8.63. The molecule has 1 aliphatic rings. The third kappa shape index (κ3) is 1.75. The van der Waals surface area contributed by atoms with Gasteiger partial charge in [-0.3, -0.25) is 4.57 Å². The Hall–Kier alpha value is -1.31. The SMILES string of the molecule is OC[C@]1(F)CO[C@@H](n2cnc3c(Cl)ncnc32)C1. The fourth-order valence-corrected chi connectivity index (χ4v) is 2.18. The quantitative estimate of drug-likeness (QED) is 0.829. The van der Waals surface area contributed by atoms with E-state index < -0.39 is 18.5 Å². The van der Waals surface area contributed by atoms with Gasteiger partial charge in [-0.1, -0.05) is 11.6 Å². The van der Waals surface area contributed by atoms with Crippen LogP contribution in [0, 0.1) is 0 Å². The summed E-state index contributed by atoms with van der Waals surface area (Å²) in [6.45, 7) is -0.710. The molecule has 0 bridgehead atoms. The number of nitrogens with zero attached hydrogens (tertiary/aromatic N) is 4. The van der Waals surface area contributed by atoms with E-state index in [0.29, 0.717) is 11.2 Å². The smallest absolute Gasteiger partial charge is 0.166 e. The lowest BCUT2D eigenvalue weighted by Crippen LogP contribution is -2.27. The number of rotatable bonds is 2. The van der Waals surface area contributed by atoms with E-state index in [9.17, 15) is 4.39 Å². The highest BCUT2D eigenvalue weighted by molar-refractivity contribution is 6.33. The van der Waals surface area contributed by atoms with Gasteiger partial charge in [0.2, 0.25) is 0 Å². The number of imidazole rings is 1. The first-order valence-corrected chi connectivity index (χ1v) is 5.75. The number of aliphatic hydroxyl groups excluding tert-OH is 1. The maximum Gasteiger partial charge on any atom is 0.166 e. The third-order valence-corrected chi connectivity index (χ3v) is 3.26. The third-order valence-electron chi connectivity index (χ3n) is 2.98. The molecule has 96 valence electrons. The molecule has 0 spiro atoms. The molecule has 8 heteroatoms. The second-order valence-corrected chi connectivity index (χ2v) is 4.63. The number of aromatic nitrogens is 4. The van der Waals surface area contributed by atoms with Crippen LogP contribution in [-0.4, -0.2) is 43.5 Å². The topological polar surface area (TPSA) is 73.1 Å². The molecule has 0 radical (unpaired) electrons. The summed E-state index contributed by atoms with van der Waals surface area (Å²) >= 11 is 5.88. The second kappa shape index (κ2) is 4.11. The summed E-state index contributed by atoms with van der Waals surface area (Å²) in [6.07, 6.45) is 2.31. The lowest BCUT2D eigenvalue weighted by molar-refractivity contribution is 0.0302. The van der Waals surface area contributed by atoms with E-state index in [1.54, 1.807) is 4.57 Å². The summed E-state index contributed by atoms with van der Waals surface area (Å²) in [5.41, 5.74) is -0.775. The molecular weight excluding hydrogens is 263 g/mol. The zero-order valence-corrected chi connectivity index (χ0v) is 10.0. The van der Waals surface area contributed by atoms with E-state index in [1.165, 1.54) is 12.7 Å². The fourth-order valence-electron chi connectivity index (χ4n) is 2.00. The van der Waals surface area contributed by atoms with Gasteiger partial charge in [-0.15, -0.1) is 0 Å². The molecule has 1 saturated heterocycles. The predicted molar refractivity (Wildman–Crippen MR) is 60.9 cm³/mol. The molecule has 0 unspecified atom stereocenters. The molecule has 1 fully saturated rings.